The molecule has 1 aromatic heterocycles. The quantitative estimate of drug-likeness (QED) is 0.389. The van der Waals surface area contributed by atoms with Gasteiger partial charge in [0.15, 0.2) is 15.6 Å². The van der Waals surface area contributed by atoms with Gasteiger partial charge in [-0.1, -0.05) is 42.5 Å². The molecule has 0 spiro atoms. The molecule has 1 heterocycles. The molecule has 0 aliphatic carbocycles. The summed E-state index contributed by atoms with van der Waals surface area (Å²) in [5, 5.41) is 5.49. The van der Waals surface area contributed by atoms with Crippen LogP contribution in [0.4, 0.5) is 11.4 Å². The smallest absolute Gasteiger partial charge is 0.291 e. The highest BCUT2D eigenvalue weighted by molar-refractivity contribution is 7.90. The maximum atomic E-state index is 12.8. The molecule has 4 rings (SSSR count). The first-order chi connectivity index (χ1) is 16.3. The first-order valence-electron chi connectivity index (χ1n) is 10.5. The molecule has 0 bridgehead atoms. The third-order valence-electron chi connectivity index (χ3n) is 5.02. The molecule has 0 unspecified atom stereocenters. The summed E-state index contributed by atoms with van der Waals surface area (Å²) in [6.07, 6.45) is 0. The summed E-state index contributed by atoms with van der Waals surface area (Å²) in [4.78, 5) is 25.7. The molecule has 0 fully saturated rings. The number of sulfone groups is 1. The molecule has 2 N–H and O–H groups in total. The molecule has 0 aliphatic rings. The van der Waals surface area contributed by atoms with E-state index < -0.39 is 15.7 Å². The monoisotopic (exact) mass is 474 g/mol. The van der Waals surface area contributed by atoms with E-state index in [-0.39, 0.29) is 33.6 Å². The zero-order valence-electron chi connectivity index (χ0n) is 18.3. The average Bonchev–Trinajstić information content (AvgIpc) is 3.28. The molecule has 0 saturated heterocycles. The Bertz CT molecular complexity index is 1440. The van der Waals surface area contributed by atoms with Crippen molar-refractivity contribution >= 4 is 33.0 Å². The largest absolute Gasteiger partial charge is 0.455 e. The first kappa shape index (κ1) is 23.0. The molecule has 172 valence electrons. The molecular weight excluding hydrogens is 452 g/mol. The lowest BCUT2D eigenvalue weighted by Crippen LogP contribution is -2.18. The summed E-state index contributed by atoms with van der Waals surface area (Å²) in [7, 11) is -3.61. The van der Waals surface area contributed by atoms with E-state index >= 15 is 0 Å². The summed E-state index contributed by atoms with van der Waals surface area (Å²) < 4.78 is 30.6. The molecule has 0 saturated carbocycles. The van der Waals surface area contributed by atoms with Crippen molar-refractivity contribution in [3.8, 4) is 0 Å². The fourth-order valence-electron chi connectivity index (χ4n) is 3.37. The third kappa shape index (κ3) is 5.41. The van der Waals surface area contributed by atoms with Crippen molar-refractivity contribution in [2.24, 2.45) is 0 Å². The fraction of sp³-hybridized carbons (Fsp3) is 0.0769. The standard InChI is InChI=1S/C26H22N2O5S/c1-18-8-7-9-19(16-18)27-25(29)22-12-5-6-13-23(22)28-26(30)24-15-14-20(33-24)17-34(31,32)21-10-3-2-4-11-21/h2-16H,17H2,1H3,(H,27,29)(H,28,30). The lowest BCUT2D eigenvalue weighted by molar-refractivity contribution is 0.0995. The van der Waals surface area contributed by atoms with Gasteiger partial charge in [0.05, 0.1) is 16.1 Å². The van der Waals surface area contributed by atoms with Crippen LogP contribution >= 0.6 is 0 Å². The maximum absolute atomic E-state index is 12.8. The van der Waals surface area contributed by atoms with Gasteiger partial charge in [0.25, 0.3) is 11.8 Å². The van der Waals surface area contributed by atoms with Crippen molar-refractivity contribution in [1.82, 2.24) is 0 Å². The lowest BCUT2D eigenvalue weighted by Gasteiger charge is -2.11. The molecule has 0 aliphatic heterocycles. The number of anilines is 2. The zero-order valence-corrected chi connectivity index (χ0v) is 19.1. The number of carbonyl (C=O) groups excluding carboxylic acids is 2. The van der Waals surface area contributed by atoms with Crippen molar-refractivity contribution in [1.29, 1.82) is 0 Å². The number of hydrogen-bond acceptors (Lipinski definition) is 5. The van der Waals surface area contributed by atoms with Crippen molar-refractivity contribution in [3.05, 3.63) is 114 Å². The Morgan fingerprint density at radius 1 is 0.794 bits per heavy atom. The van der Waals surface area contributed by atoms with E-state index in [0.29, 0.717) is 11.4 Å². The summed E-state index contributed by atoms with van der Waals surface area (Å²) in [6, 6.07) is 24.8. The number of furan rings is 1. The van der Waals surface area contributed by atoms with E-state index in [1.54, 1.807) is 48.5 Å². The predicted molar refractivity (Wildman–Crippen MR) is 130 cm³/mol. The molecule has 7 nitrogen and oxygen atoms in total. The Morgan fingerprint density at radius 2 is 1.53 bits per heavy atom. The SMILES string of the molecule is Cc1cccc(NC(=O)c2ccccc2NC(=O)c2ccc(CS(=O)(=O)c3ccccc3)o2)c1. The highest BCUT2D eigenvalue weighted by Crippen LogP contribution is 2.21. The summed E-state index contributed by atoms with van der Waals surface area (Å²) in [5.41, 5.74) is 2.21. The maximum Gasteiger partial charge on any atom is 0.291 e. The van der Waals surface area contributed by atoms with Crippen molar-refractivity contribution in [2.45, 2.75) is 17.6 Å². The second-order valence-electron chi connectivity index (χ2n) is 7.66. The molecule has 2 amide bonds. The van der Waals surface area contributed by atoms with Crippen LogP contribution in [-0.4, -0.2) is 20.2 Å². The van der Waals surface area contributed by atoms with E-state index in [2.05, 4.69) is 10.6 Å². The van der Waals surface area contributed by atoms with E-state index in [4.69, 9.17) is 4.42 Å². The van der Waals surface area contributed by atoms with E-state index in [1.807, 2.05) is 25.1 Å². The summed E-state index contributed by atoms with van der Waals surface area (Å²) in [6.45, 7) is 1.92. The minimum atomic E-state index is -3.61. The number of para-hydroxylation sites is 1. The van der Waals surface area contributed by atoms with Gasteiger partial charge in [-0.3, -0.25) is 9.59 Å². The topological polar surface area (TPSA) is 105 Å². The minimum Gasteiger partial charge on any atom is -0.455 e. The molecular formula is C26H22N2O5S. The Kier molecular flexibility index (Phi) is 6.60. The molecule has 3 aromatic carbocycles. The van der Waals surface area contributed by atoms with Crippen LogP contribution in [0.1, 0.15) is 32.2 Å². The Morgan fingerprint density at radius 3 is 2.29 bits per heavy atom. The van der Waals surface area contributed by atoms with Gasteiger partial charge in [-0.25, -0.2) is 8.42 Å². The van der Waals surface area contributed by atoms with Crippen molar-refractivity contribution < 1.29 is 22.4 Å². The summed E-state index contributed by atoms with van der Waals surface area (Å²) in [5.74, 6) is -1.28. The Labute approximate surface area is 197 Å². The number of carbonyl (C=O) groups is 2. The minimum absolute atomic E-state index is 0.0628. The zero-order chi connectivity index (χ0) is 24.1. The highest BCUT2D eigenvalue weighted by atomic mass is 32.2. The van der Waals surface area contributed by atoms with Crippen LogP contribution < -0.4 is 10.6 Å². The number of hydrogen-bond donors (Lipinski definition) is 2. The van der Waals surface area contributed by atoms with Crippen molar-refractivity contribution in [2.75, 3.05) is 10.6 Å². The van der Waals surface area contributed by atoms with E-state index in [0.717, 1.165) is 5.56 Å². The van der Waals surface area contributed by atoms with E-state index in [1.165, 1.54) is 24.3 Å². The first-order valence-corrected chi connectivity index (χ1v) is 12.1. The van der Waals surface area contributed by atoms with Gasteiger partial charge in [-0.2, -0.15) is 0 Å². The molecule has 8 heteroatoms. The highest BCUT2D eigenvalue weighted by Gasteiger charge is 2.20. The third-order valence-corrected chi connectivity index (χ3v) is 6.67. The van der Waals surface area contributed by atoms with Gasteiger partial charge in [-0.15, -0.1) is 0 Å². The number of aryl methyl sites for hydroxylation is 1. The van der Waals surface area contributed by atoms with E-state index in [9.17, 15) is 18.0 Å². The van der Waals surface area contributed by atoms with Gasteiger partial charge in [-0.05, 0) is 61.0 Å². The molecule has 4 aromatic rings. The summed E-state index contributed by atoms with van der Waals surface area (Å²) >= 11 is 0. The van der Waals surface area contributed by atoms with Gasteiger partial charge >= 0.3 is 0 Å². The second-order valence-corrected chi connectivity index (χ2v) is 9.65. The number of benzene rings is 3. The van der Waals surface area contributed by atoms with Crippen molar-refractivity contribution in [3.63, 3.8) is 0 Å². The van der Waals surface area contributed by atoms with Gasteiger partial charge < -0.3 is 15.1 Å². The van der Waals surface area contributed by atoms with Gasteiger partial charge in [0, 0.05) is 5.69 Å². The molecule has 0 radical (unpaired) electrons. The molecule has 34 heavy (non-hydrogen) atoms. The number of rotatable bonds is 7. The second kappa shape index (κ2) is 9.76. The van der Waals surface area contributed by atoms with Crippen LogP contribution in [0, 0.1) is 6.92 Å². The van der Waals surface area contributed by atoms with Crippen LogP contribution in [-0.2, 0) is 15.6 Å². The molecule has 0 atom stereocenters. The average molecular weight is 475 g/mol. The van der Waals surface area contributed by atoms with Gasteiger partial charge in [0.2, 0.25) is 0 Å². The number of nitrogens with one attached hydrogen (secondary N) is 2. The Balaban J connectivity index is 1.48. The normalized spacial score (nSPS) is 11.1. The number of amides is 2. The Hall–Kier alpha value is -4.17. The van der Waals surface area contributed by atoms with Gasteiger partial charge in [0.1, 0.15) is 11.5 Å². The van der Waals surface area contributed by atoms with Crippen LogP contribution in [0.2, 0.25) is 0 Å². The van der Waals surface area contributed by atoms with Crippen LogP contribution in [0.15, 0.2) is 100 Å². The van der Waals surface area contributed by atoms with Crippen LogP contribution in [0.3, 0.4) is 0 Å². The lowest BCUT2D eigenvalue weighted by atomic mass is 10.1. The van der Waals surface area contributed by atoms with Crippen LogP contribution in [0.5, 0.6) is 0 Å². The van der Waals surface area contributed by atoms with Crippen LogP contribution in [0.25, 0.3) is 0 Å². The fourth-order valence-corrected chi connectivity index (χ4v) is 4.64. The predicted octanol–water partition coefficient (Wildman–Crippen LogP) is 5.07.